The van der Waals surface area contributed by atoms with Crippen LogP contribution in [0.1, 0.15) is 2.85 Å². The third kappa shape index (κ3) is 706. The number of rotatable bonds is 0. The summed E-state index contributed by atoms with van der Waals surface area (Å²) in [6, 6.07) is 0. The van der Waals surface area contributed by atoms with E-state index in [1.54, 1.807) is 4.91 Å². The van der Waals surface area contributed by atoms with Crippen LogP contribution in [0.5, 0.6) is 0 Å². The van der Waals surface area contributed by atoms with E-state index in [4.69, 9.17) is 77.4 Å². The Morgan fingerprint density at radius 1 is 0.391 bits per heavy atom. The molecule has 0 aromatic carbocycles. The van der Waals surface area contributed by atoms with Crippen LogP contribution in [-0.2, 0) is 0 Å². The first-order chi connectivity index (χ1) is 9.90. The van der Waals surface area contributed by atoms with Crippen molar-refractivity contribution in [1.29, 1.82) is 5.53 Å². The minimum atomic E-state index is 0. The molecule has 0 aliphatic rings. The van der Waals surface area contributed by atoms with Crippen molar-refractivity contribution >= 4 is 0 Å². The topological polar surface area (TPSA) is 412 Å². The third-order valence-electron chi connectivity index (χ3n) is 0. The molecule has 116 valence electrons. The van der Waals surface area contributed by atoms with Gasteiger partial charge in [0.05, 0.1) is 0 Å². The van der Waals surface area contributed by atoms with E-state index in [0.29, 0.717) is 0 Å². The minimum absolute atomic E-state index is 0. The zero-order chi connectivity index (χ0) is 18.9. The van der Waals surface area contributed by atoms with E-state index in [1.165, 1.54) is 29.5 Å². The largest absolute Gasteiger partial charge is 1.00 e. The predicted octanol–water partition coefficient (Wildman–Crippen LogP) is 0.305. The molecule has 0 unspecified atom stereocenters. The fourth-order valence-electron chi connectivity index (χ4n) is 0. The Hall–Kier alpha value is -2.83. The van der Waals surface area contributed by atoms with Crippen molar-refractivity contribution in [1.82, 2.24) is 0 Å². The normalized spacial score (nSPS) is 2.43. The Bertz CT molecular complexity index is 285. The van der Waals surface area contributed by atoms with Gasteiger partial charge in [-0.2, -0.15) is 0 Å². The Labute approximate surface area is 173 Å². The van der Waals surface area contributed by atoms with Crippen molar-refractivity contribution < 1.29 is 62.0 Å². The SMILES string of the molecule is [H-].[H-].[N-]=[N+]=N.[N-]=[N+]=[N-].[N-]=[N+]=[N-].[N-]=[N+]=[N-].[N-]=[N+]=[N-].[N-]=[N+]=[N-].[N-]=[N+]=[N-].[Na+].[Na+]. The molecule has 0 amide bonds. The Morgan fingerprint density at radius 3 is 0.391 bits per heavy atom. The Kier molecular flexibility index (Phi) is 940. The van der Waals surface area contributed by atoms with Crippen LogP contribution in [-0.4, -0.2) is 0 Å². The maximum Gasteiger partial charge on any atom is 1.00 e. The summed E-state index contributed by atoms with van der Waals surface area (Å²) in [4.78, 5) is 10.8. The quantitative estimate of drug-likeness (QED) is 0.268. The van der Waals surface area contributed by atoms with Crippen LogP contribution in [0.3, 0.4) is 0 Å². The van der Waals surface area contributed by atoms with E-state index >= 15 is 0 Å². The molecule has 23 heteroatoms. The molecule has 0 saturated carbocycles. The summed E-state index contributed by atoms with van der Waals surface area (Å²) in [7, 11) is 0. The monoisotopic (exact) mass is 343 g/mol. The molecule has 0 spiro atoms. The predicted molar refractivity (Wildman–Crippen MR) is 72.1 cm³/mol. The fraction of sp³-hybridized carbons (Fsp3) is 0. The maximum absolute atomic E-state index is 6.86. The summed E-state index contributed by atoms with van der Waals surface area (Å²) in [6.45, 7) is 0. The first kappa shape index (κ1) is 59.4. The van der Waals surface area contributed by atoms with Gasteiger partial charge in [0.2, 0.25) is 0 Å². The summed E-state index contributed by atoms with van der Waals surface area (Å²) in [6.07, 6.45) is 0. The molecule has 21 nitrogen and oxygen atoms in total. The molecule has 0 aromatic rings. The van der Waals surface area contributed by atoms with Crippen LogP contribution in [0.4, 0.5) is 0 Å². The summed E-state index contributed by atoms with van der Waals surface area (Å²) >= 11 is 0. The van der Waals surface area contributed by atoms with E-state index in [-0.39, 0.29) is 62.0 Å². The smallest absolute Gasteiger partial charge is 1.00 e. The second-order valence-electron chi connectivity index (χ2n) is 0.637. The van der Waals surface area contributed by atoms with E-state index < -0.39 is 0 Å². The van der Waals surface area contributed by atoms with Gasteiger partial charge in [-0.3, -0.25) is 29.5 Å². The van der Waals surface area contributed by atoms with Crippen LogP contribution in [0.2, 0.25) is 0 Å². The van der Waals surface area contributed by atoms with Gasteiger partial charge in [-0.15, -0.1) is 5.53 Å². The molecule has 0 aliphatic carbocycles. The second kappa shape index (κ2) is 364. The molecule has 23 heavy (non-hydrogen) atoms. The van der Waals surface area contributed by atoms with Gasteiger partial charge < -0.3 is 69.2 Å². The summed E-state index contributed by atoms with van der Waals surface area (Å²) in [5, 5.41) is 0. The van der Waals surface area contributed by atoms with Crippen molar-refractivity contribution in [2.24, 2.45) is 0 Å². The molecule has 0 aromatic heterocycles. The van der Waals surface area contributed by atoms with Crippen molar-refractivity contribution in [3.63, 3.8) is 0 Å². The van der Waals surface area contributed by atoms with Crippen molar-refractivity contribution in [2.45, 2.75) is 0 Å². The van der Waals surface area contributed by atoms with E-state index in [2.05, 4.69) is 0 Å². The molecular formula is H3N21Na2-6. The zero-order valence-corrected chi connectivity index (χ0v) is 15.4. The van der Waals surface area contributed by atoms with Crippen LogP contribution in [0.25, 0.3) is 106 Å². The molecule has 0 heterocycles. The van der Waals surface area contributed by atoms with Crippen molar-refractivity contribution in [3.8, 4) is 0 Å². The van der Waals surface area contributed by atoms with Gasteiger partial charge >= 0.3 is 59.1 Å². The van der Waals surface area contributed by atoms with Crippen LogP contribution in [0.15, 0.2) is 0 Å². The summed E-state index contributed by atoms with van der Waals surface area (Å²) < 4.78 is 0. The van der Waals surface area contributed by atoms with Gasteiger partial charge in [0, 0.05) is 0 Å². The zero-order valence-electron chi connectivity index (χ0n) is 13.4. The third-order valence-corrected chi connectivity index (χ3v) is 0. The number of nitrogens with zero attached hydrogens (tertiary/aromatic N) is 20. The maximum atomic E-state index is 6.86. The molecule has 0 aliphatic heterocycles. The van der Waals surface area contributed by atoms with E-state index in [9.17, 15) is 0 Å². The first-order valence-electron chi connectivity index (χ1n) is 2.82. The number of hydrogen-bond acceptors (Lipinski definition) is 1. The van der Waals surface area contributed by atoms with Gasteiger partial charge in [-0.1, -0.05) is 0 Å². The Balaban J connectivity index is -0.00000000990. The molecule has 0 fully saturated rings. The second-order valence-corrected chi connectivity index (χ2v) is 0.637. The number of hydrogen-bond donors (Lipinski definition) is 1. The standard InChI is InChI=1S/HN3.6N3.2Na.2H/c7*1-3-2;;;;/h1H;;;;;;;;;;/q;6*-1;2*+1;2*-1. The van der Waals surface area contributed by atoms with Gasteiger partial charge in [-0.25, -0.2) is 0 Å². The number of nitrogens with one attached hydrogen (secondary N) is 1. The summed E-state index contributed by atoms with van der Waals surface area (Å²) in [5.41, 5.74) is 93.2. The van der Waals surface area contributed by atoms with Crippen LogP contribution in [0, 0.1) is 5.53 Å². The molecule has 0 radical (unpaired) electrons. The van der Waals surface area contributed by atoms with Crippen molar-refractivity contribution in [2.75, 3.05) is 0 Å². The average Bonchev–Trinajstić information content (AvgIpc) is 2.35. The molecule has 0 saturated heterocycles. The van der Waals surface area contributed by atoms with Gasteiger partial charge in [-0.05, 0) is 10.4 Å². The summed E-state index contributed by atoms with van der Waals surface area (Å²) in [5.74, 6) is 0. The first-order valence-corrected chi connectivity index (χ1v) is 2.82. The Morgan fingerprint density at radius 2 is 0.391 bits per heavy atom. The van der Waals surface area contributed by atoms with Crippen molar-refractivity contribution in [3.05, 3.63) is 106 Å². The van der Waals surface area contributed by atoms with Gasteiger partial charge in [0.25, 0.3) is 0 Å². The molecule has 0 rings (SSSR count). The molecular weight excluding hydrogens is 340 g/mol. The van der Waals surface area contributed by atoms with Crippen LogP contribution < -0.4 is 59.1 Å². The van der Waals surface area contributed by atoms with E-state index in [0.717, 1.165) is 0 Å². The van der Waals surface area contributed by atoms with E-state index in [1.807, 2.05) is 0 Å². The van der Waals surface area contributed by atoms with Gasteiger partial charge in [0.1, 0.15) is 0 Å². The average molecular weight is 343 g/mol. The molecule has 0 bridgehead atoms. The minimum Gasteiger partial charge on any atom is -1.00 e. The molecule has 0 atom stereocenters. The van der Waals surface area contributed by atoms with Gasteiger partial charge in [0.15, 0.2) is 0 Å². The van der Waals surface area contributed by atoms with Crippen LogP contribution >= 0.6 is 0 Å². The molecule has 1 N–H and O–H groups in total. The fourth-order valence-corrected chi connectivity index (χ4v) is 0.